The maximum absolute atomic E-state index is 11.8. The maximum atomic E-state index is 11.8. The van der Waals surface area contributed by atoms with Crippen LogP contribution in [0, 0.1) is 12.3 Å². The van der Waals surface area contributed by atoms with E-state index in [0.717, 1.165) is 0 Å². The van der Waals surface area contributed by atoms with Gasteiger partial charge in [0.1, 0.15) is 11.8 Å². The fourth-order valence-electron chi connectivity index (χ4n) is 1.50. The number of hydrogen-bond donors (Lipinski definition) is 1. The second-order valence-corrected chi connectivity index (χ2v) is 5.17. The van der Waals surface area contributed by atoms with Crippen LogP contribution in [-0.4, -0.2) is 20.6 Å². The lowest BCUT2D eigenvalue weighted by Gasteiger charge is -2.15. The summed E-state index contributed by atoms with van der Waals surface area (Å²) < 4.78 is 6.70. The summed E-state index contributed by atoms with van der Waals surface area (Å²) in [6.07, 6.45) is 2.83. The molecule has 0 atom stereocenters. The summed E-state index contributed by atoms with van der Waals surface area (Å²) in [4.78, 5) is 25.9. The van der Waals surface area contributed by atoms with Gasteiger partial charge in [-0.3, -0.25) is 9.59 Å². The lowest BCUT2D eigenvalue weighted by molar-refractivity contribution is -0.143. The van der Waals surface area contributed by atoms with Crippen molar-refractivity contribution < 1.29 is 9.53 Å². The highest BCUT2D eigenvalue weighted by Gasteiger charge is 2.25. The largest absolute Gasteiger partial charge is 0.424 e. The molecule has 0 saturated carbocycles. The number of rotatable bonds is 1. The summed E-state index contributed by atoms with van der Waals surface area (Å²) in [6.45, 7) is 7.03. The second-order valence-electron chi connectivity index (χ2n) is 5.17. The highest BCUT2D eigenvalue weighted by Crippen LogP contribution is 2.25. The Labute approximate surface area is 104 Å². The molecule has 0 radical (unpaired) electrons. The van der Waals surface area contributed by atoms with E-state index in [4.69, 9.17) is 4.74 Å². The van der Waals surface area contributed by atoms with E-state index in [2.05, 4.69) is 10.1 Å². The molecule has 6 heteroatoms. The molecule has 2 aromatic heterocycles. The topological polar surface area (TPSA) is 76.5 Å². The molecular formula is C12H15N3O3. The normalized spacial score (nSPS) is 11.8. The third-order valence-electron chi connectivity index (χ3n) is 2.60. The van der Waals surface area contributed by atoms with Crippen LogP contribution in [-0.2, 0) is 4.79 Å². The number of ether oxygens (including phenoxy) is 1. The summed E-state index contributed by atoms with van der Waals surface area (Å²) >= 11 is 0. The van der Waals surface area contributed by atoms with Gasteiger partial charge in [-0.15, -0.1) is 0 Å². The third-order valence-corrected chi connectivity index (χ3v) is 2.60. The quantitative estimate of drug-likeness (QED) is 0.775. The molecule has 0 aliphatic heterocycles. The van der Waals surface area contributed by atoms with Gasteiger partial charge in [-0.1, -0.05) is 0 Å². The van der Waals surface area contributed by atoms with Crippen LogP contribution in [0.3, 0.4) is 0 Å². The van der Waals surface area contributed by atoms with Crippen molar-refractivity contribution in [2.45, 2.75) is 27.7 Å². The standard InChI is InChI=1S/C12H15N3O3/c1-7-8(18-11(17)12(2,3)4)5-15-9(7)10(16)13-6-14-15/h5-6H,1-4H3,(H,13,14,16)/i6+2. The zero-order chi connectivity index (χ0) is 13.5. The number of H-pyrrole nitrogens is 1. The predicted molar refractivity (Wildman–Crippen MR) is 65.6 cm³/mol. The van der Waals surface area contributed by atoms with Crippen molar-refractivity contribution >= 4 is 11.5 Å². The highest BCUT2D eigenvalue weighted by molar-refractivity contribution is 5.79. The van der Waals surface area contributed by atoms with Crippen molar-refractivity contribution in [2.75, 3.05) is 0 Å². The molecule has 96 valence electrons. The summed E-state index contributed by atoms with van der Waals surface area (Å²) in [7, 11) is 0. The van der Waals surface area contributed by atoms with Gasteiger partial charge >= 0.3 is 5.97 Å². The van der Waals surface area contributed by atoms with Gasteiger partial charge in [0.05, 0.1) is 11.6 Å². The van der Waals surface area contributed by atoms with Crippen LogP contribution in [0.4, 0.5) is 0 Å². The first-order valence-electron chi connectivity index (χ1n) is 5.58. The number of fused-ring (bicyclic) bond motifs is 1. The molecule has 0 saturated heterocycles. The number of esters is 1. The Bertz CT molecular complexity index is 661. The van der Waals surface area contributed by atoms with Crippen LogP contribution in [0.1, 0.15) is 26.3 Å². The van der Waals surface area contributed by atoms with E-state index in [1.54, 1.807) is 27.7 Å². The van der Waals surface area contributed by atoms with Crippen LogP contribution in [0.25, 0.3) is 5.52 Å². The van der Waals surface area contributed by atoms with Crippen LogP contribution in [0.15, 0.2) is 17.3 Å². The van der Waals surface area contributed by atoms with Crippen molar-refractivity contribution in [2.24, 2.45) is 5.41 Å². The molecule has 0 aromatic carbocycles. The summed E-state index contributed by atoms with van der Waals surface area (Å²) in [6, 6.07) is 0. The van der Waals surface area contributed by atoms with Gasteiger partial charge in [-0.2, -0.15) is 5.10 Å². The molecule has 18 heavy (non-hydrogen) atoms. The Morgan fingerprint density at radius 3 is 2.72 bits per heavy atom. The Kier molecular flexibility index (Phi) is 2.73. The summed E-state index contributed by atoms with van der Waals surface area (Å²) in [5.41, 5.74) is 0.122. The zero-order valence-corrected chi connectivity index (χ0v) is 10.8. The predicted octanol–water partition coefficient (Wildman–Crippen LogP) is 1.28. The third kappa shape index (κ3) is 2.01. The van der Waals surface area contributed by atoms with Crippen molar-refractivity contribution in [3.63, 3.8) is 0 Å². The Morgan fingerprint density at radius 2 is 2.17 bits per heavy atom. The van der Waals surface area contributed by atoms with Gasteiger partial charge < -0.3 is 9.72 Å². The van der Waals surface area contributed by atoms with Crippen LogP contribution in [0.2, 0.25) is 0 Å². The van der Waals surface area contributed by atoms with Crippen molar-refractivity contribution in [1.82, 2.24) is 14.6 Å². The number of aryl methyl sites for hydroxylation is 1. The van der Waals surface area contributed by atoms with Crippen molar-refractivity contribution in [3.8, 4) is 5.75 Å². The molecule has 2 heterocycles. The SMILES string of the molecule is Cc1c(OC(=O)C(C)(C)C)cn2n[14cH][nH]c(=O)c12. The van der Waals surface area contributed by atoms with Gasteiger partial charge in [0.2, 0.25) is 0 Å². The fourth-order valence-corrected chi connectivity index (χ4v) is 1.50. The summed E-state index contributed by atoms with van der Waals surface area (Å²) in [5, 5.41) is 3.96. The second kappa shape index (κ2) is 3.97. The minimum atomic E-state index is -0.597. The Morgan fingerprint density at radius 1 is 1.50 bits per heavy atom. The van der Waals surface area contributed by atoms with Crippen molar-refractivity contribution in [1.29, 1.82) is 0 Å². The minimum absolute atomic E-state index is 0.263. The molecule has 0 bridgehead atoms. The number of hydrogen-bond acceptors (Lipinski definition) is 4. The van der Waals surface area contributed by atoms with E-state index in [9.17, 15) is 9.59 Å². The first kappa shape index (κ1) is 12.3. The molecule has 0 fully saturated rings. The highest BCUT2D eigenvalue weighted by atomic mass is 16.5. The van der Waals surface area contributed by atoms with Crippen LogP contribution >= 0.6 is 0 Å². The number of aromatic amines is 1. The molecule has 0 spiro atoms. The molecule has 2 aromatic rings. The average Bonchev–Trinajstić information content (AvgIpc) is 2.56. The molecule has 0 aliphatic rings. The Balaban J connectivity index is 2.48. The number of nitrogens with one attached hydrogen (secondary N) is 1. The molecule has 2 rings (SSSR count). The van der Waals surface area contributed by atoms with Crippen molar-refractivity contribution in [3.05, 3.63) is 28.4 Å². The van der Waals surface area contributed by atoms with E-state index >= 15 is 0 Å². The Hall–Kier alpha value is -2.11. The number of carbonyl (C=O) groups is 1. The van der Waals surface area contributed by atoms with E-state index < -0.39 is 5.41 Å². The van der Waals surface area contributed by atoms with Gasteiger partial charge in [-0.05, 0) is 27.7 Å². The molecule has 0 unspecified atom stereocenters. The summed E-state index contributed by atoms with van der Waals surface area (Å²) in [5.74, 6) is 0.0112. The monoisotopic (exact) mass is 251 g/mol. The first-order chi connectivity index (χ1) is 8.30. The van der Waals surface area contributed by atoms with E-state index in [1.165, 1.54) is 17.0 Å². The minimum Gasteiger partial charge on any atom is -0.424 e. The van der Waals surface area contributed by atoms with E-state index in [1.807, 2.05) is 0 Å². The maximum Gasteiger partial charge on any atom is 0.316 e. The van der Waals surface area contributed by atoms with Crippen LogP contribution in [0.5, 0.6) is 5.75 Å². The first-order valence-corrected chi connectivity index (χ1v) is 5.58. The van der Waals surface area contributed by atoms with Crippen LogP contribution < -0.4 is 10.3 Å². The van der Waals surface area contributed by atoms with Gasteiger partial charge in [0.25, 0.3) is 5.56 Å². The molecule has 0 aliphatic carbocycles. The van der Waals surface area contributed by atoms with Gasteiger partial charge in [0.15, 0.2) is 5.75 Å². The van der Waals surface area contributed by atoms with Gasteiger partial charge in [-0.25, -0.2) is 4.52 Å². The molecule has 6 nitrogen and oxygen atoms in total. The smallest absolute Gasteiger partial charge is 0.316 e. The number of nitrogens with zero attached hydrogens (tertiary/aromatic N) is 2. The molecule has 0 amide bonds. The average molecular weight is 251 g/mol. The molecular weight excluding hydrogens is 236 g/mol. The van der Waals surface area contributed by atoms with E-state index in [-0.39, 0.29) is 11.5 Å². The lowest BCUT2D eigenvalue weighted by Crippen LogP contribution is -2.25. The number of carbonyl (C=O) groups excluding carboxylic acids is 1. The number of aromatic nitrogens is 3. The molecule has 1 N–H and O–H groups in total. The van der Waals surface area contributed by atoms with Gasteiger partial charge in [0, 0.05) is 5.56 Å². The fraction of sp³-hybridized carbons (Fsp3) is 0.417. The zero-order valence-electron chi connectivity index (χ0n) is 10.8. The lowest BCUT2D eigenvalue weighted by atomic mass is 9.97. The van der Waals surface area contributed by atoms with E-state index in [0.29, 0.717) is 16.8 Å².